The van der Waals surface area contributed by atoms with Gasteiger partial charge in [-0.25, -0.2) is 0 Å². The predicted octanol–water partition coefficient (Wildman–Crippen LogP) is 2.08. The molecule has 114 valence electrons. The number of hydrogen-bond donors (Lipinski definition) is 3. The van der Waals surface area contributed by atoms with Crippen molar-refractivity contribution in [3.63, 3.8) is 0 Å². The first-order valence-electron chi connectivity index (χ1n) is 7.00. The van der Waals surface area contributed by atoms with Gasteiger partial charge in [-0.15, -0.1) is 0 Å². The van der Waals surface area contributed by atoms with Crippen molar-refractivity contribution in [1.82, 2.24) is 5.32 Å². The van der Waals surface area contributed by atoms with Crippen LogP contribution < -0.4 is 10.1 Å². The van der Waals surface area contributed by atoms with E-state index in [1.165, 1.54) is 0 Å². The molecule has 0 spiro atoms. The number of benzene rings is 1. The molecule has 1 aromatic carbocycles. The smallest absolute Gasteiger partial charge is 0.120 e. The van der Waals surface area contributed by atoms with Gasteiger partial charge < -0.3 is 20.3 Å². The van der Waals surface area contributed by atoms with Gasteiger partial charge in [-0.05, 0) is 43.5 Å². The molecule has 0 radical (unpaired) electrons. The molecule has 4 nitrogen and oxygen atoms in total. The maximum absolute atomic E-state index is 9.77. The molecule has 0 amide bonds. The number of ether oxygens (including phenoxy) is 1. The van der Waals surface area contributed by atoms with Crippen molar-refractivity contribution in [2.75, 3.05) is 26.3 Å². The molecule has 0 heterocycles. The van der Waals surface area contributed by atoms with Gasteiger partial charge in [0.05, 0.1) is 0 Å². The van der Waals surface area contributed by atoms with Crippen molar-refractivity contribution in [2.24, 2.45) is 5.92 Å². The van der Waals surface area contributed by atoms with E-state index in [1.54, 1.807) is 12.1 Å². The van der Waals surface area contributed by atoms with Crippen LogP contribution in [0.15, 0.2) is 24.3 Å². The first kappa shape index (κ1) is 17.2. The van der Waals surface area contributed by atoms with Crippen molar-refractivity contribution in [1.29, 1.82) is 0 Å². The van der Waals surface area contributed by atoms with Gasteiger partial charge in [0.25, 0.3) is 0 Å². The zero-order valence-electron chi connectivity index (χ0n) is 11.9. The molecule has 5 heteroatoms. The van der Waals surface area contributed by atoms with Gasteiger partial charge in [-0.1, -0.05) is 24.6 Å². The molecule has 0 saturated heterocycles. The minimum absolute atomic E-state index is 0.232. The summed E-state index contributed by atoms with van der Waals surface area (Å²) in [5, 5.41) is 22.5. The highest BCUT2D eigenvalue weighted by Gasteiger charge is 2.05. The van der Waals surface area contributed by atoms with Gasteiger partial charge in [0, 0.05) is 18.2 Å². The summed E-state index contributed by atoms with van der Waals surface area (Å²) in [5.74, 6) is 1.00. The third-order valence-corrected chi connectivity index (χ3v) is 3.22. The molecule has 20 heavy (non-hydrogen) atoms. The van der Waals surface area contributed by atoms with Crippen LogP contribution in [-0.4, -0.2) is 42.6 Å². The third kappa shape index (κ3) is 7.70. The monoisotopic (exact) mass is 301 g/mol. The Bertz CT molecular complexity index is 376. The van der Waals surface area contributed by atoms with Crippen LogP contribution in [0.4, 0.5) is 0 Å². The van der Waals surface area contributed by atoms with Crippen LogP contribution in [-0.2, 0) is 0 Å². The molecule has 0 bridgehead atoms. The van der Waals surface area contributed by atoms with E-state index in [1.807, 2.05) is 19.1 Å². The fraction of sp³-hybridized carbons (Fsp3) is 0.600. The maximum Gasteiger partial charge on any atom is 0.120 e. The van der Waals surface area contributed by atoms with Crippen LogP contribution in [0.1, 0.15) is 19.8 Å². The molecule has 0 fully saturated rings. The number of aliphatic hydroxyl groups is 2. The summed E-state index contributed by atoms with van der Waals surface area (Å²) >= 11 is 5.84. The molecule has 1 aromatic rings. The topological polar surface area (TPSA) is 61.7 Å². The Morgan fingerprint density at radius 3 is 2.90 bits per heavy atom. The van der Waals surface area contributed by atoms with Gasteiger partial charge in [0.1, 0.15) is 18.5 Å². The standard InChI is InChI=1S/C15H24ClNO3/c1-12(10-18)4-3-7-17-9-14(19)11-20-15-6-2-5-13(16)8-15/h2,5-6,8,12,14,17-19H,3-4,7,9-11H2,1H3. The zero-order valence-corrected chi connectivity index (χ0v) is 12.6. The first-order valence-corrected chi connectivity index (χ1v) is 7.37. The summed E-state index contributed by atoms with van der Waals surface area (Å²) in [5.41, 5.74) is 0. The predicted molar refractivity (Wildman–Crippen MR) is 81.3 cm³/mol. The number of halogens is 1. The van der Waals surface area contributed by atoms with E-state index < -0.39 is 6.10 Å². The van der Waals surface area contributed by atoms with E-state index in [-0.39, 0.29) is 13.2 Å². The number of aliphatic hydroxyl groups excluding tert-OH is 2. The Kier molecular flexibility index (Phi) is 8.62. The average molecular weight is 302 g/mol. The van der Waals surface area contributed by atoms with Crippen molar-refractivity contribution < 1.29 is 14.9 Å². The van der Waals surface area contributed by atoms with Crippen LogP contribution in [0, 0.1) is 5.92 Å². The number of rotatable bonds is 10. The summed E-state index contributed by atoms with van der Waals surface area (Å²) in [6.45, 7) is 3.82. The van der Waals surface area contributed by atoms with E-state index in [4.69, 9.17) is 21.4 Å². The van der Waals surface area contributed by atoms with Gasteiger partial charge in [-0.2, -0.15) is 0 Å². The Hall–Kier alpha value is -0.810. The summed E-state index contributed by atoms with van der Waals surface area (Å²) in [4.78, 5) is 0. The number of nitrogens with one attached hydrogen (secondary N) is 1. The second-order valence-corrected chi connectivity index (χ2v) is 5.49. The first-order chi connectivity index (χ1) is 9.61. The molecule has 1 rings (SSSR count). The molecular formula is C15H24ClNO3. The Morgan fingerprint density at radius 2 is 2.20 bits per heavy atom. The van der Waals surface area contributed by atoms with Crippen molar-refractivity contribution in [2.45, 2.75) is 25.9 Å². The Labute approximate surface area is 125 Å². The highest BCUT2D eigenvalue weighted by Crippen LogP contribution is 2.17. The second kappa shape index (κ2) is 10.00. The normalized spacial score (nSPS) is 14.0. The van der Waals surface area contributed by atoms with E-state index in [0.29, 0.717) is 23.2 Å². The molecule has 2 unspecified atom stereocenters. The van der Waals surface area contributed by atoms with Crippen LogP contribution in [0.25, 0.3) is 0 Å². The third-order valence-electron chi connectivity index (χ3n) is 2.98. The van der Waals surface area contributed by atoms with Crippen molar-refractivity contribution >= 4 is 11.6 Å². The lowest BCUT2D eigenvalue weighted by Crippen LogP contribution is -2.32. The van der Waals surface area contributed by atoms with E-state index in [0.717, 1.165) is 19.4 Å². The molecule has 3 N–H and O–H groups in total. The van der Waals surface area contributed by atoms with Crippen molar-refractivity contribution in [3.8, 4) is 5.75 Å². The minimum atomic E-state index is -0.552. The zero-order chi connectivity index (χ0) is 14.8. The quantitative estimate of drug-likeness (QED) is 0.579. The van der Waals surface area contributed by atoms with E-state index in [2.05, 4.69) is 5.32 Å². The van der Waals surface area contributed by atoms with Crippen LogP contribution in [0.2, 0.25) is 5.02 Å². The molecule has 0 aliphatic heterocycles. The lowest BCUT2D eigenvalue weighted by atomic mass is 10.1. The lowest BCUT2D eigenvalue weighted by Gasteiger charge is -2.14. The molecule has 0 aromatic heterocycles. The summed E-state index contributed by atoms with van der Waals surface area (Å²) in [7, 11) is 0. The van der Waals surface area contributed by atoms with Crippen LogP contribution in [0.3, 0.4) is 0 Å². The van der Waals surface area contributed by atoms with E-state index >= 15 is 0 Å². The lowest BCUT2D eigenvalue weighted by molar-refractivity contribution is 0.106. The SMILES string of the molecule is CC(CO)CCCNCC(O)COc1cccc(Cl)c1. The minimum Gasteiger partial charge on any atom is -0.491 e. The molecule has 0 aliphatic carbocycles. The molecule has 0 aliphatic rings. The van der Waals surface area contributed by atoms with Crippen molar-refractivity contribution in [3.05, 3.63) is 29.3 Å². The van der Waals surface area contributed by atoms with Gasteiger partial charge in [0.2, 0.25) is 0 Å². The summed E-state index contributed by atoms with van der Waals surface area (Å²) in [6, 6.07) is 7.12. The van der Waals surface area contributed by atoms with Crippen LogP contribution in [0.5, 0.6) is 5.75 Å². The van der Waals surface area contributed by atoms with Gasteiger partial charge in [0.15, 0.2) is 0 Å². The summed E-state index contributed by atoms with van der Waals surface area (Å²) < 4.78 is 5.45. The van der Waals surface area contributed by atoms with Gasteiger partial charge >= 0.3 is 0 Å². The van der Waals surface area contributed by atoms with E-state index in [9.17, 15) is 5.11 Å². The summed E-state index contributed by atoms with van der Waals surface area (Å²) in [6.07, 6.45) is 1.42. The fourth-order valence-electron chi connectivity index (χ4n) is 1.74. The maximum atomic E-state index is 9.77. The fourth-order valence-corrected chi connectivity index (χ4v) is 1.92. The van der Waals surface area contributed by atoms with Crippen LogP contribution >= 0.6 is 11.6 Å². The average Bonchev–Trinajstić information content (AvgIpc) is 2.44. The highest BCUT2D eigenvalue weighted by molar-refractivity contribution is 6.30. The second-order valence-electron chi connectivity index (χ2n) is 5.06. The Morgan fingerprint density at radius 1 is 1.40 bits per heavy atom. The Balaban J connectivity index is 2.07. The molecule has 0 saturated carbocycles. The number of hydrogen-bond acceptors (Lipinski definition) is 4. The largest absolute Gasteiger partial charge is 0.491 e. The van der Waals surface area contributed by atoms with Gasteiger partial charge in [-0.3, -0.25) is 0 Å². The highest BCUT2D eigenvalue weighted by atomic mass is 35.5. The molecule has 2 atom stereocenters. The molecular weight excluding hydrogens is 278 g/mol.